The summed E-state index contributed by atoms with van der Waals surface area (Å²) in [5, 5.41) is 2.37. The Hall–Kier alpha value is -2.20. The van der Waals surface area contributed by atoms with Crippen LogP contribution in [0.5, 0.6) is 0 Å². The number of fused-ring (bicyclic) bond motifs is 2. The first kappa shape index (κ1) is 12.5. The molecule has 2 atom stereocenters. The molecule has 21 heavy (non-hydrogen) atoms. The topological polar surface area (TPSA) is 43.8 Å². The third-order valence-electron chi connectivity index (χ3n) is 4.09. The third kappa shape index (κ3) is 2.12. The summed E-state index contributed by atoms with van der Waals surface area (Å²) in [7, 11) is 0. The normalized spacial score (nSPS) is 21.4. The number of nitrogens with two attached hydrogens (primary N) is 1. The van der Waals surface area contributed by atoms with Crippen LogP contribution < -0.4 is 5.73 Å². The zero-order valence-electron chi connectivity index (χ0n) is 11.5. The highest BCUT2D eigenvalue weighted by molar-refractivity contribution is 5.86. The molecule has 0 bridgehead atoms. The van der Waals surface area contributed by atoms with Crippen LogP contribution >= 0.6 is 0 Å². The van der Waals surface area contributed by atoms with Crippen LogP contribution in [0.1, 0.15) is 18.3 Å². The Bertz CT molecular complexity index is 809. The lowest BCUT2D eigenvalue weighted by Crippen LogP contribution is -2.29. The summed E-state index contributed by atoms with van der Waals surface area (Å²) in [5.74, 6) is 0.784. The molecule has 0 aliphatic carbocycles. The zero-order valence-corrected chi connectivity index (χ0v) is 11.5. The van der Waals surface area contributed by atoms with E-state index in [0.29, 0.717) is 13.0 Å². The molecule has 2 heterocycles. The van der Waals surface area contributed by atoms with E-state index in [2.05, 4.69) is 35.3 Å². The van der Waals surface area contributed by atoms with Gasteiger partial charge in [0, 0.05) is 18.2 Å². The van der Waals surface area contributed by atoms with Crippen molar-refractivity contribution in [1.82, 2.24) is 9.55 Å². The van der Waals surface area contributed by atoms with Gasteiger partial charge in [-0.3, -0.25) is 0 Å². The van der Waals surface area contributed by atoms with Crippen LogP contribution in [0.25, 0.3) is 22.0 Å². The summed E-state index contributed by atoms with van der Waals surface area (Å²) in [4.78, 5) is 4.61. The van der Waals surface area contributed by atoms with Gasteiger partial charge in [0.25, 0.3) is 0 Å². The Morgan fingerprint density at radius 1 is 1.14 bits per heavy atom. The quantitative estimate of drug-likeness (QED) is 0.742. The molecule has 0 fully saturated rings. The van der Waals surface area contributed by atoms with Crippen LogP contribution in [0.15, 0.2) is 48.7 Å². The van der Waals surface area contributed by atoms with E-state index in [4.69, 9.17) is 5.73 Å². The number of rotatable bonds is 1. The molecule has 0 saturated carbocycles. The molecule has 0 saturated heterocycles. The van der Waals surface area contributed by atoms with E-state index in [1.807, 2.05) is 22.9 Å². The van der Waals surface area contributed by atoms with Crippen molar-refractivity contribution in [2.45, 2.75) is 25.2 Å². The van der Waals surface area contributed by atoms with Crippen LogP contribution in [0.2, 0.25) is 0 Å². The number of hydrogen-bond acceptors (Lipinski definition) is 2. The van der Waals surface area contributed by atoms with Crippen LogP contribution in [0.3, 0.4) is 0 Å². The highest BCUT2D eigenvalue weighted by atomic mass is 19.1. The molecule has 0 spiro atoms. The second-order valence-electron chi connectivity index (χ2n) is 5.64. The number of nitrogens with zero attached hydrogens (tertiary/aromatic N) is 2. The average Bonchev–Trinajstić information content (AvgIpc) is 2.91. The molecule has 2 N–H and O–H groups in total. The zero-order chi connectivity index (χ0) is 14.4. The maximum atomic E-state index is 13.6. The van der Waals surface area contributed by atoms with Gasteiger partial charge < -0.3 is 10.3 Å². The molecule has 3 aromatic rings. The Labute approximate surface area is 122 Å². The first-order valence-electron chi connectivity index (χ1n) is 7.16. The van der Waals surface area contributed by atoms with E-state index < -0.39 is 6.17 Å². The van der Waals surface area contributed by atoms with Crippen molar-refractivity contribution in [3.05, 3.63) is 54.5 Å². The molecular weight excluding hydrogens is 265 g/mol. The first-order valence-corrected chi connectivity index (χ1v) is 7.16. The van der Waals surface area contributed by atoms with Crippen molar-refractivity contribution >= 4 is 10.8 Å². The van der Waals surface area contributed by atoms with Crippen LogP contribution in [0, 0.1) is 0 Å². The lowest BCUT2D eigenvalue weighted by molar-refractivity contribution is 0.230. The number of halogens is 1. The van der Waals surface area contributed by atoms with Crippen LogP contribution in [-0.2, 0) is 6.54 Å². The maximum Gasteiger partial charge on any atom is 0.126 e. The molecule has 106 valence electrons. The third-order valence-corrected chi connectivity index (χ3v) is 4.09. The summed E-state index contributed by atoms with van der Waals surface area (Å²) < 4.78 is 15.5. The fraction of sp³-hybridized carbons (Fsp3) is 0.235. The summed E-state index contributed by atoms with van der Waals surface area (Å²) in [5.41, 5.74) is 7.90. The van der Waals surface area contributed by atoms with Gasteiger partial charge >= 0.3 is 0 Å². The van der Waals surface area contributed by atoms with Gasteiger partial charge in [0.15, 0.2) is 0 Å². The van der Waals surface area contributed by atoms with Crippen molar-refractivity contribution < 1.29 is 4.39 Å². The Kier molecular flexibility index (Phi) is 2.79. The summed E-state index contributed by atoms with van der Waals surface area (Å²) >= 11 is 0. The molecule has 1 aromatic heterocycles. The molecule has 4 heteroatoms. The highest BCUT2D eigenvalue weighted by Gasteiger charge is 2.26. The summed E-state index contributed by atoms with van der Waals surface area (Å²) in [6.45, 7) is 0.351. The summed E-state index contributed by atoms with van der Waals surface area (Å²) in [6, 6.07) is 14.1. The molecule has 0 radical (unpaired) electrons. The fourth-order valence-corrected chi connectivity index (χ4v) is 3.03. The van der Waals surface area contributed by atoms with Gasteiger partial charge in [0.05, 0.1) is 18.3 Å². The van der Waals surface area contributed by atoms with Gasteiger partial charge in [-0.25, -0.2) is 9.37 Å². The molecular formula is C17H16FN3. The van der Waals surface area contributed by atoms with E-state index in [1.54, 1.807) is 0 Å². The maximum absolute atomic E-state index is 13.6. The van der Waals surface area contributed by atoms with Gasteiger partial charge in [-0.05, 0) is 16.8 Å². The van der Waals surface area contributed by atoms with Gasteiger partial charge in [-0.1, -0.05) is 36.4 Å². The minimum atomic E-state index is -0.883. The van der Waals surface area contributed by atoms with Crippen molar-refractivity contribution in [3.63, 3.8) is 0 Å². The molecule has 1 aliphatic heterocycles. The van der Waals surface area contributed by atoms with Gasteiger partial charge in [-0.2, -0.15) is 0 Å². The van der Waals surface area contributed by atoms with Gasteiger partial charge in [0.2, 0.25) is 0 Å². The monoisotopic (exact) mass is 281 g/mol. The van der Waals surface area contributed by atoms with E-state index >= 15 is 0 Å². The van der Waals surface area contributed by atoms with Crippen LogP contribution in [-0.4, -0.2) is 15.7 Å². The lowest BCUT2D eigenvalue weighted by atomic mass is 10.1. The van der Waals surface area contributed by atoms with E-state index in [-0.39, 0.29) is 6.04 Å². The Morgan fingerprint density at radius 3 is 2.81 bits per heavy atom. The van der Waals surface area contributed by atoms with E-state index in [9.17, 15) is 4.39 Å². The van der Waals surface area contributed by atoms with Crippen molar-refractivity contribution in [2.75, 3.05) is 0 Å². The van der Waals surface area contributed by atoms with Gasteiger partial charge in [-0.15, -0.1) is 0 Å². The largest absolute Gasteiger partial charge is 0.330 e. The number of hydrogen-bond donors (Lipinski definition) is 1. The molecule has 4 rings (SSSR count). The van der Waals surface area contributed by atoms with Crippen molar-refractivity contribution in [1.29, 1.82) is 0 Å². The predicted octanol–water partition coefficient (Wildman–Crippen LogP) is 3.44. The van der Waals surface area contributed by atoms with Crippen LogP contribution in [0.4, 0.5) is 4.39 Å². The SMILES string of the molecule is NC1CC(F)Cn2cc(-c3ccc4ccccc4c3)nc21. The molecule has 1 aliphatic rings. The average molecular weight is 281 g/mol. The van der Waals surface area contributed by atoms with Crippen molar-refractivity contribution in [2.24, 2.45) is 5.73 Å². The Balaban J connectivity index is 1.80. The summed E-state index contributed by atoms with van der Waals surface area (Å²) in [6.07, 6.45) is 1.38. The first-order chi connectivity index (χ1) is 10.2. The predicted molar refractivity (Wildman–Crippen MR) is 81.6 cm³/mol. The Morgan fingerprint density at radius 2 is 1.95 bits per heavy atom. The number of benzene rings is 2. The minimum Gasteiger partial charge on any atom is -0.330 e. The van der Waals surface area contributed by atoms with E-state index in [0.717, 1.165) is 17.1 Å². The second kappa shape index (κ2) is 4.67. The standard InChI is InChI=1S/C17H16FN3/c18-14-8-15(19)17-20-16(10-21(17)9-14)13-6-5-11-3-1-2-4-12(11)7-13/h1-7,10,14-15H,8-9,19H2. The minimum absolute atomic E-state index is 0.317. The molecule has 2 unspecified atom stereocenters. The smallest absolute Gasteiger partial charge is 0.126 e. The molecule has 0 amide bonds. The number of alkyl halides is 1. The fourth-order valence-electron chi connectivity index (χ4n) is 3.03. The number of aromatic nitrogens is 2. The van der Waals surface area contributed by atoms with Gasteiger partial charge in [0.1, 0.15) is 12.0 Å². The lowest BCUT2D eigenvalue weighted by Gasteiger charge is -2.22. The highest BCUT2D eigenvalue weighted by Crippen LogP contribution is 2.29. The molecule has 3 nitrogen and oxygen atoms in total. The molecule has 2 aromatic carbocycles. The number of imidazole rings is 1. The van der Waals surface area contributed by atoms with Crippen molar-refractivity contribution in [3.8, 4) is 11.3 Å². The second-order valence-corrected chi connectivity index (χ2v) is 5.64. The van der Waals surface area contributed by atoms with E-state index in [1.165, 1.54) is 10.8 Å².